The van der Waals surface area contributed by atoms with Crippen LogP contribution in [-0.2, 0) is 23.8 Å². The Bertz CT molecular complexity index is 884. The lowest BCUT2D eigenvalue weighted by molar-refractivity contribution is -0.140. The van der Waals surface area contributed by atoms with E-state index in [0.717, 1.165) is 0 Å². The van der Waals surface area contributed by atoms with Crippen LogP contribution in [0.2, 0.25) is 0 Å². The number of rotatable bonds is 3. The Morgan fingerprint density at radius 2 is 1.52 bits per heavy atom. The fourth-order valence-electron chi connectivity index (χ4n) is 2.43. The number of hydrogen-bond acceptors (Lipinski definition) is 6. The summed E-state index contributed by atoms with van der Waals surface area (Å²) in [6, 6.07) is 16.0. The topological polar surface area (TPSA) is 74.2 Å². The molecule has 1 aliphatic rings. The highest BCUT2D eigenvalue weighted by Gasteiger charge is 2.31. The minimum atomic E-state index is -0.791. The molecule has 1 aliphatic heterocycles. The molecule has 0 bridgehead atoms. The first-order chi connectivity index (χ1) is 12.2. The van der Waals surface area contributed by atoms with Crippen molar-refractivity contribution < 1.29 is 23.8 Å². The van der Waals surface area contributed by atoms with Crippen molar-refractivity contribution in [3.8, 4) is 0 Å². The van der Waals surface area contributed by atoms with Crippen LogP contribution in [0.15, 0.2) is 65.3 Å². The molecule has 0 aromatic heterocycles. The van der Waals surface area contributed by atoms with Crippen molar-refractivity contribution in [3.05, 3.63) is 71.5 Å². The Morgan fingerprint density at radius 1 is 0.880 bits per heavy atom. The van der Waals surface area contributed by atoms with Gasteiger partial charge in [-0.3, -0.25) is 0 Å². The molecule has 25 heavy (non-hydrogen) atoms. The summed E-state index contributed by atoms with van der Waals surface area (Å²) in [5, 5.41) is 0. The smallest absolute Gasteiger partial charge is 0.375 e. The zero-order valence-electron chi connectivity index (χ0n) is 13.7. The lowest BCUT2D eigenvalue weighted by Gasteiger charge is -2.12. The van der Waals surface area contributed by atoms with Gasteiger partial charge in [0.1, 0.15) is 5.57 Å². The Kier molecular flexibility index (Phi) is 4.61. The summed E-state index contributed by atoms with van der Waals surface area (Å²) in [6.07, 6.45) is 0. The molecule has 0 spiro atoms. The third kappa shape index (κ3) is 3.14. The summed E-state index contributed by atoms with van der Waals surface area (Å²) >= 11 is 0. The van der Waals surface area contributed by atoms with Gasteiger partial charge in [0, 0.05) is 11.1 Å². The molecule has 0 aliphatic carbocycles. The van der Waals surface area contributed by atoms with Gasteiger partial charge in [-0.1, -0.05) is 36.4 Å². The lowest BCUT2D eigenvalue weighted by Crippen LogP contribution is -2.18. The van der Waals surface area contributed by atoms with Crippen molar-refractivity contribution in [2.45, 2.75) is 0 Å². The molecule has 2 aromatic rings. The minimum Gasteiger partial charge on any atom is -0.465 e. The largest absolute Gasteiger partial charge is 0.465 e. The normalized spacial score (nSPS) is 13.1. The molecule has 0 radical (unpaired) electrons. The van der Waals surface area contributed by atoms with E-state index in [1.54, 1.807) is 36.4 Å². The second-order valence-electron chi connectivity index (χ2n) is 5.09. The molecule has 2 aromatic carbocycles. The molecular formula is C19H15NO5. The van der Waals surface area contributed by atoms with Crippen molar-refractivity contribution in [2.75, 3.05) is 14.2 Å². The van der Waals surface area contributed by atoms with E-state index in [4.69, 9.17) is 14.2 Å². The van der Waals surface area contributed by atoms with Crippen molar-refractivity contribution in [2.24, 2.45) is 4.99 Å². The molecule has 0 amide bonds. The fraction of sp³-hybridized carbons (Fsp3) is 0.105. The van der Waals surface area contributed by atoms with E-state index in [2.05, 4.69) is 4.99 Å². The van der Waals surface area contributed by atoms with Gasteiger partial charge < -0.3 is 14.2 Å². The van der Waals surface area contributed by atoms with Gasteiger partial charge in [-0.05, 0) is 18.2 Å². The molecular weight excluding hydrogens is 322 g/mol. The van der Waals surface area contributed by atoms with E-state index in [1.807, 2.05) is 18.2 Å². The van der Waals surface area contributed by atoms with Gasteiger partial charge in [0.25, 0.3) is 0 Å². The Labute approximate surface area is 144 Å². The van der Waals surface area contributed by atoms with Gasteiger partial charge in [-0.15, -0.1) is 0 Å². The van der Waals surface area contributed by atoms with Gasteiger partial charge in [0.2, 0.25) is 11.7 Å². The molecule has 0 saturated heterocycles. The lowest BCUT2D eigenvalue weighted by atomic mass is 10.0. The summed E-state index contributed by atoms with van der Waals surface area (Å²) in [7, 11) is 2.44. The third-order valence-electron chi connectivity index (χ3n) is 3.60. The van der Waals surface area contributed by atoms with Crippen LogP contribution in [0, 0.1) is 0 Å². The van der Waals surface area contributed by atoms with Gasteiger partial charge in [-0.2, -0.15) is 0 Å². The van der Waals surface area contributed by atoms with Crippen LogP contribution in [-0.4, -0.2) is 32.1 Å². The average Bonchev–Trinajstić information content (AvgIpc) is 2.84. The molecule has 0 fully saturated rings. The SMILES string of the molecule is COC(=O)C1=C(C(=O)OC)c2ccccc2N=C(c2ccccc2)O1. The van der Waals surface area contributed by atoms with Crippen molar-refractivity contribution in [1.82, 2.24) is 0 Å². The number of para-hydroxylation sites is 1. The molecule has 126 valence electrons. The van der Waals surface area contributed by atoms with Crippen LogP contribution in [0.25, 0.3) is 5.57 Å². The predicted molar refractivity (Wildman–Crippen MR) is 91.1 cm³/mol. The molecule has 6 nitrogen and oxygen atoms in total. The number of carbonyl (C=O) groups excluding carboxylic acids is 2. The predicted octanol–water partition coefficient (Wildman–Crippen LogP) is 2.85. The first-order valence-electron chi connectivity index (χ1n) is 7.48. The van der Waals surface area contributed by atoms with E-state index < -0.39 is 11.9 Å². The highest BCUT2D eigenvalue weighted by Crippen LogP contribution is 2.34. The summed E-state index contributed by atoms with van der Waals surface area (Å²) in [5.74, 6) is -1.58. The summed E-state index contributed by atoms with van der Waals surface area (Å²) in [5.41, 5.74) is 1.55. The zero-order valence-corrected chi connectivity index (χ0v) is 13.7. The molecule has 6 heteroatoms. The number of nitrogens with zero attached hydrogens (tertiary/aromatic N) is 1. The van der Waals surface area contributed by atoms with Crippen molar-refractivity contribution >= 4 is 29.1 Å². The van der Waals surface area contributed by atoms with Crippen LogP contribution in [0.3, 0.4) is 0 Å². The number of fused-ring (bicyclic) bond motifs is 1. The monoisotopic (exact) mass is 337 g/mol. The number of methoxy groups -OCH3 is 2. The molecule has 1 heterocycles. The van der Waals surface area contributed by atoms with Crippen LogP contribution >= 0.6 is 0 Å². The minimum absolute atomic E-state index is 0.0281. The van der Waals surface area contributed by atoms with E-state index in [0.29, 0.717) is 16.8 Å². The number of esters is 2. The van der Waals surface area contributed by atoms with E-state index in [9.17, 15) is 9.59 Å². The Hall–Kier alpha value is -3.41. The number of hydrogen-bond donors (Lipinski definition) is 0. The van der Waals surface area contributed by atoms with E-state index in [1.165, 1.54) is 14.2 Å². The highest BCUT2D eigenvalue weighted by molar-refractivity contribution is 6.24. The van der Waals surface area contributed by atoms with E-state index in [-0.39, 0.29) is 17.2 Å². The molecule has 0 atom stereocenters. The maximum Gasteiger partial charge on any atom is 0.375 e. The van der Waals surface area contributed by atoms with Crippen molar-refractivity contribution in [1.29, 1.82) is 0 Å². The van der Waals surface area contributed by atoms with Gasteiger partial charge in [-0.25, -0.2) is 14.6 Å². The number of carbonyl (C=O) groups is 2. The van der Waals surface area contributed by atoms with Crippen LogP contribution in [0.4, 0.5) is 5.69 Å². The van der Waals surface area contributed by atoms with Crippen molar-refractivity contribution in [3.63, 3.8) is 0 Å². The van der Waals surface area contributed by atoms with Crippen LogP contribution < -0.4 is 0 Å². The first-order valence-corrected chi connectivity index (χ1v) is 7.48. The molecule has 0 N–H and O–H groups in total. The summed E-state index contributed by atoms with van der Waals surface area (Å²) in [4.78, 5) is 29.1. The number of aliphatic imine (C=N–C) groups is 1. The summed E-state index contributed by atoms with van der Waals surface area (Å²) in [6.45, 7) is 0. The fourth-order valence-corrected chi connectivity index (χ4v) is 2.43. The standard InChI is InChI=1S/C19H15NO5/c1-23-18(21)15-13-10-6-7-11-14(13)20-17(12-8-4-3-5-9-12)25-16(15)19(22)24-2/h3-11H,1-2H3. The number of ether oxygens (including phenoxy) is 3. The molecule has 0 saturated carbocycles. The second kappa shape index (κ2) is 7.00. The van der Waals surface area contributed by atoms with Crippen LogP contribution in [0.1, 0.15) is 11.1 Å². The molecule has 3 rings (SSSR count). The highest BCUT2D eigenvalue weighted by atomic mass is 16.6. The maximum atomic E-state index is 12.3. The summed E-state index contributed by atoms with van der Waals surface area (Å²) < 4.78 is 15.3. The van der Waals surface area contributed by atoms with Gasteiger partial charge in [0.15, 0.2) is 0 Å². The molecule has 0 unspecified atom stereocenters. The first kappa shape index (κ1) is 16.4. The average molecular weight is 337 g/mol. The van der Waals surface area contributed by atoms with E-state index >= 15 is 0 Å². The second-order valence-corrected chi connectivity index (χ2v) is 5.09. The Balaban J connectivity index is 2.28. The van der Waals surface area contributed by atoms with Crippen LogP contribution in [0.5, 0.6) is 0 Å². The zero-order chi connectivity index (χ0) is 17.8. The van der Waals surface area contributed by atoms with Gasteiger partial charge in [0.05, 0.1) is 19.9 Å². The Morgan fingerprint density at radius 3 is 2.20 bits per heavy atom. The van der Waals surface area contributed by atoms with Gasteiger partial charge >= 0.3 is 11.9 Å². The number of benzene rings is 2. The maximum absolute atomic E-state index is 12.3. The quantitative estimate of drug-likeness (QED) is 0.805. The third-order valence-corrected chi connectivity index (χ3v) is 3.60.